The molecule has 0 aliphatic rings. The summed E-state index contributed by atoms with van der Waals surface area (Å²) in [5.41, 5.74) is -0.0323. The predicted molar refractivity (Wildman–Crippen MR) is 135 cm³/mol. The van der Waals surface area contributed by atoms with Crippen molar-refractivity contribution in [1.29, 1.82) is 0 Å². The van der Waals surface area contributed by atoms with Gasteiger partial charge in [0.25, 0.3) is 19.2 Å². The number of aliphatic hydroxyl groups excluding tert-OH is 1. The lowest BCUT2D eigenvalue weighted by molar-refractivity contribution is -0.138. The third-order valence-electron chi connectivity index (χ3n) is 4.24. The van der Waals surface area contributed by atoms with E-state index in [9.17, 15) is 43.2 Å². The Kier molecular flexibility index (Phi) is 14.5. The SMILES string of the molecule is C=C(C)CCO.C=C(C)CCOS(=O)(=O)c1ccc(C(F)(F)F)cc1.O=S(=O)(Cl)c1ccc(C(F)(F)F)cc1. The highest BCUT2D eigenvalue weighted by molar-refractivity contribution is 8.13. The summed E-state index contributed by atoms with van der Waals surface area (Å²) in [6.07, 6.45) is -7.88. The Morgan fingerprint density at radius 3 is 1.38 bits per heavy atom. The Bertz CT molecular complexity index is 1290. The summed E-state index contributed by atoms with van der Waals surface area (Å²) in [7, 11) is -3.07. The molecule has 0 aromatic heterocycles. The Hall–Kier alpha value is -2.39. The van der Waals surface area contributed by atoms with Gasteiger partial charge < -0.3 is 5.11 Å². The number of hydrogen-bond donors (Lipinski definition) is 1. The van der Waals surface area contributed by atoms with Crippen molar-refractivity contribution < 1.29 is 52.5 Å². The fraction of sp³-hybridized carbons (Fsp3) is 0.333. The van der Waals surface area contributed by atoms with E-state index < -0.39 is 42.6 Å². The average molecular weight is 625 g/mol. The minimum atomic E-state index is -4.50. The zero-order valence-electron chi connectivity index (χ0n) is 20.8. The van der Waals surface area contributed by atoms with E-state index in [1.165, 1.54) is 0 Å². The van der Waals surface area contributed by atoms with E-state index in [2.05, 4.69) is 17.3 Å². The molecule has 0 aliphatic carbocycles. The zero-order valence-corrected chi connectivity index (χ0v) is 23.2. The number of aliphatic hydroxyl groups is 1. The molecule has 2 rings (SSSR count). The molecule has 1 N–H and O–H groups in total. The third kappa shape index (κ3) is 15.1. The summed E-state index contributed by atoms with van der Waals surface area (Å²) < 4.78 is 122. The van der Waals surface area contributed by atoms with Gasteiger partial charge in [-0.15, -0.1) is 13.2 Å². The van der Waals surface area contributed by atoms with Crippen LogP contribution in [0.1, 0.15) is 37.8 Å². The van der Waals surface area contributed by atoms with Crippen molar-refractivity contribution >= 4 is 29.9 Å². The van der Waals surface area contributed by atoms with Crippen LogP contribution in [0.5, 0.6) is 0 Å². The van der Waals surface area contributed by atoms with Crippen LogP contribution in [0, 0.1) is 0 Å². The topological polar surface area (TPSA) is 97.7 Å². The number of halogens is 7. The van der Waals surface area contributed by atoms with E-state index in [4.69, 9.17) is 15.8 Å². The number of hydrogen-bond acceptors (Lipinski definition) is 6. The van der Waals surface area contributed by atoms with Crippen molar-refractivity contribution in [2.45, 2.75) is 48.8 Å². The van der Waals surface area contributed by atoms with Gasteiger partial charge in [-0.2, -0.15) is 34.8 Å². The van der Waals surface area contributed by atoms with E-state index in [1.807, 2.05) is 6.92 Å². The van der Waals surface area contributed by atoms with Gasteiger partial charge in [0.1, 0.15) is 0 Å². The van der Waals surface area contributed by atoms with E-state index in [0.717, 1.165) is 41.8 Å². The van der Waals surface area contributed by atoms with Gasteiger partial charge in [-0.05, 0) is 75.2 Å². The summed E-state index contributed by atoms with van der Waals surface area (Å²) in [6.45, 7) is 10.9. The monoisotopic (exact) mass is 624 g/mol. The Balaban J connectivity index is 0.000000631. The lowest BCUT2D eigenvalue weighted by Crippen LogP contribution is -2.09. The molecule has 0 saturated heterocycles. The zero-order chi connectivity index (χ0) is 30.7. The maximum absolute atomic E-state index is 12.3. The van der Waals surface area contributed by atoms with Crippen molar-refractivity contribution in [3.63, 3.8) is 0 Å². The second-order valence-electron chi connectivity index (χ2n) is 7.90. The first-order valence-corrected chi connectivity index (χ1v) is 14.4. The van der Waals surface area contributed by atoms with E-state index in [0.29, 0.717) is 30.7 Å². The van der Waals surface area contributed by atoms with Crippen LogP contribution in [0.2, 0.25) is 0 Å². The third-order valence-corrected chi connectivity index (χ3v) is 6.94. The molecule has 220 valence electrons. The summed E-state index contributed by atoms with van der Waals surface area (Å²) in [6, 6.07) is 6.10. The van der Waals surface area contributed by atoms with Gasteiger partial charge >= 0.3 is 12.4 Å². The van der Waals surface area contributed by atoms with Gasteiger partial charge in [-0.3, -0.25) is 4.18 Å². The number of benzene rings is 2. The molecule has 0 radical (unpaired) electrons. The molecule has 0 unspecified atom stereocenters. The molecule has 0 spiro atoms. The van der Waals surface area contributed by atoms with Crippen molar-refractivity contribution in [2.75, 3.05) is 13.2 Å². The predicted octanol–water partition coefficient (Wildman–Crippen LogP) is 6.95. The van der Waals surface area contributed by atoms with Crippen molar-refractivity contribution in [3.8, 4) is 0 Å². The molecule has 0 atom stereocenters. The number of rotatable bonds is 8. The highest BCUT2D eigenvalue weighted by Gasteiger charge is 2.31. The molecule has 15 heteroatoms. The average Bonchev–Trinajstić information content (AvgIpc) is 2.78. The van der Waals surface area contributed by atoms with Crippen LogP contribution < -0.4 is 0 Å². The highest BCUT2D eigenvalue weighted by atomic mass is 35.7. The van der Waals surface area contributed by atoms with Crippen LogP contribution in [-0.2, 0) is 35.7 Å². The molecule has 39 heavy (non-hydrogen) atoms. The molecule has 0 aliphatic heterocycles. The highest BCUT2D eigenvalue weighted by Crippen LogP contribution is 2.31. The standard InChI is InChI=1S/C12H13F3O3S.C7H4ClF3O2S.C5H10O/c1-9(2)7-8-18-19(16,17)11-5-3-10(4-6-11)12(13,14)15;8-14(12,13)6-3-1-5(2-4-6)7(9,10)11;1-5(2)3-4-6/h3-6H,1,7-8H2,2H3;1-4H;6H,1,3-4H2,2H3. The van der Waals surface area contributed by atoms with Crippen molar-refractivity contribution in [2.24, 2.45) is 0 Å². The maximum Gasteiger partial charge on any atom is 0.416 e. The van der Waals surface area contributed by atoms with Crippen molar-refractivity contribution in [1.82, 2.24) is 0 Å². The van der Waals surface area contributed by atoms with Gasteiger partial charge in [-0.1, -0.05) is 11.1 Å². The first kappa shape index (κ1) is 36.6. The second-order valence-corrected chi connectivity index (χ2v) is 12.1. The Morgan fingerprint density at radius 1 is 0.769 bits per heavy atom. The quantitative estimate of drug-likeness (QED) is 0.148. The lowest BCUT2D eigenvalue weighted by Gasteiger charge is -2.08. The van der Waals surface area contributed by atoms with Crippen LogP contribution in [0.15, 0.2) is 82.6 Å². The first-order valence-electron chi connectivity index (χ1n) is 10.7. The Morgan fingerprint density at radius 2 is 1.13 bits per heavy atom. The second kappa shape index (κ2) is 15.4. The van der Waals surface area contributed by atoms with Crippen LogP contribution in [0.3, 0.4) is 0 Å². The Labute approximate surface area is 228 Å². The molecule has 0 heterocycles. The van der Waals surface area contributed by atoms with E-state index in [-0.39, 0.29) is 23.0 Å². The smallest absolute Gasteiger partial charge is 0.396 e. The van der Waals surface area contributed by atoms with E-state index in [1.54, 1.807) is 6.92 Å². The minimum absolute atomic E-state index is 0.0846. The van der Waals surface area contributed by atoms with Gasteiger partial charge in [0.15, 0.2) is 0 Å². The largest absolute Gasteiger partial charge is 0.416 e. The van der Waals surface area contributed by atoms with Crippen LogP contribution in [-0.4, -0.2) is 35.2 Å². The summed E-state index contributed by atoms with van der Waals surface area (Å²) >= 11 is 0. The number of alkyl halides is 6. The van der Waals surface area contributed by atoms with Gasteiger partial charge in [0.2, 0.25) is 0 Å². The molecule has 6 nitrogen and oxygen atoms in total. The molecule has 0 amide bonds. The molecule has 0 bridgehead atoms. The fourth-order valence-electron chi connectivity index (χ4n) is 2.20. The summed E-state index contributed by atoms with van der Waals surface area (Å²) in [4.78, 5) is -0.658. The molecular weight excluding hydrogens is 598 g/mol. The van der Waals surface area contributed by atoms with Gasteiger partial charge in [0, 0.05) is 17.3 Å². The van der Waals surface area contributed by atoms with Crippen molar-refractivity contribution in [3.05, 3.63) is 84.0 Å². The summed E-state index contributed by atoms with van der Waals surface area (Å²) in [5.74, 6) is 0. The molecule has 0 saturated carbocycles. The maximum atomic E-state index is 12.3. The van der Waals surface area contributed by atoms with E-state index >= 15 is 0 Å². The molecule has 2 aromatic carbocycles. The minimum Gasteiger partial charge on any atom is -0.396 e. The normalized spacial score (nSPS) is 11.9. The van der Waals surface area contributed by atoms with Crippen LogP contribution >= 0.6 is 10.7 Å². The molecule has 2 aromatic rings. The lowest BCUT2D eigenvalue weighted by atomic mass is 10.2. The summed E-state index contributed by atoms with van der Waals surface area (Å²) in [5, 5.41) is 8.18. The first-order chi connectivity index (χ1) is 17.6. The van der Waals surface area contributed by atoms with Crippen LogP contribution in [0.4, 0.5) is 26.3 Å². The van der Waals surface area contributed by atoms with Gasteiger partial charge in [-0.25, -0.2) is 8.42 Å². The van der Waals surface area contributed by atoms with Gasteiger partial charge in [0.05, 0.1) is 27.5 Å². The van der Waals surface area contributed by atoms with Crippen LogP contribution in [0.25, 0.3) is 0 Å². The fourth-order valence-corrected chi connectivity index (χ4v) is 3.88. The molecular formula is C24H27ClF6O6S2. The molecule has 0 fully saturated rings.